The zero-order valence-corrected chi connectivity index (χ0v) is 15.3. The van der Waals surface area contributed by atoms with Crippen molar-refractivity contribution in [3.63, 3.8) is 0 Å². The van der Waals surface area contributed by atoms with Crippen LogP contribution < -0.4 is 10.6 Å². The zero-order valence-electron chi connectivity index (χ0n) is 15.3. The standard InChI is InChI=1S/C20H30N4O/c1-2-21-19(24-14-12-20(16-24)10-6-11-20)22-13-9-18(25)23-15-17-7-4-3-5-8-17/h3-5,7-8H,2,6,9-16H2,1H3,(H,21,22)(H,23,25). The number of hydrogen-bond donors (Lipinski definition) is 2. The fourth-order valence-electron chi connectivity index (χ4n) is 3.77. The van der Waals surface area contributed by atoms with Gasteiger partial charge in [-0.15, -0.1) is 0 Å². The van der Waals surface area contributed by atoms with Crippen molar-refractivity contribution >= 4 is 11.9 Å². The highest BCUT2D eigenvalue weighted by atomic mass is 16.1. The van der Waals surface area contributed by atoms with Crippen molar-refractivity contribution in [2.24, 2.45) is 10.4 Å². The van der Waals surface area contributed by atoms with E-state index in [1.807, 2.05) is 30.3 Å². The molecular weight excluding hydrogens is 312 g/mol. The van der Waals surface area contributed by atoms with E-state index in [0.29, 0.717) is 24.9 Å². The molecule has 0 unspecified atom stereocenters. The molecule has 0 radical (unpaired) electrons. The number of nitrogens with one attached hydrogen (secondary N) is 2. The Morgan fingerprint density at radius 3 is 2.64 bits per heavy atom. The number of amides is 1. The van der Waals surface area contributed by atoms with Gasteiger partial charge in [-0.2, -0.15) is 0 Å². The van der Waals surface area contributed by atoms with E-state index >= 15 is 0 Å². The molecule has 5 nitrogen and oxygen atoms in total. The zero-order chi connectivity index (χ0) is 17.5. The second kappa shape index (κ2) is 8.37. The number of guanidine groups is 1. The molecule has 1 spiro atoms. The van der Waals surface area contributed by atoms with Gasteiger partial charge < -0.3 is 15.5 Å². The summed E-state index contributed by atoms with van der Waals surface area (Å²) in [5.41, 5.74) is 1.68. The molecule has 3 rings (SSSR count). The maximum absolute atomic E-state index is 12.0. The van der Waals surface area contributed by atoms with E-state index in [4.69, 9.17) is 0 Å². The summed E-state index contributed by atoms with van der Waals surface area (Å²) in [5.74, 6) is 1.03. The van der Waals surface area contributed by atoms with Crippen LogP contribution in [0, 0.1) is 5.41 Å². The Morgan fingerprint density at radius 1 is 1.20 bits per heavy atom. The lowest BCUT2D eigenvalue weighted by Crippen LogP contribution is -2.42. The first-order chi connectivity index (χ1) is 12.2. The third kappa shape index (κ3) is 4.74. The van der Waals surface area contributed by atoms with Crippen LogP contribution in [0.15, 0.2) is 35.3 Å². The molecule has 5 heteroatoms. The summed E-state index contributed by atoms with van der Waals surface area (Å²) in [6.45, 7) is 6.29. The highest BCUT2D eigenvalue weighted by molar-refractivity contribution is 5.81. The predicted molar refractivity (Wildman–Crippen MR) is 101 cm³/mol. The van der Waals surface area contributed by atoms with Gasteiger partial charge in [0, 0.05) is 32.6 Å². The maximum atomic E-state index is 12.0. The van der Waals surface area contributed by atoms with Crippen LogP contribution in [0.5, 0.6) is 0 Å². The van der Waals surface area contributed by atoms with Gasteiger partial charge in [0.1, 0.15) is 0 Å². The lowest BCUT2D eigenvalue weighted by molar-refractivity contribution is -0.121. The lowest BCUT2D eigenvalue weighted by Gasteiger charge is -2.38. The van der Waals surface area contributed by atoms with Crippen LogP contribution in [0.25, 0.3) is 0 Å². The number of rotatable bonds is 6. The van der Waals surface area contributed by atoms with Crippen molar-refractivity contribution in [3.8, 4) is 0 Å². The monoisotopic (exact) mass is 342 g/mol. The van der Waals surface area contributed by atoms with Gasteiger partial charge in [0.15, 0.2) is 5.96 Å². The van der Waals surface area contributed by atoms with Crippen molar-refractivity contribution < 1.29 is 4.79 Å². The molecule has 1 aromatic rings. The summed E-state index contributed by atoms with van der Waals surface area (Å²) in [6.07, 6.45) is 5.83. The lowest BCUT2D eigenvalue weighted by atomic mass is 9.68. The van der Waals surface area contributed by atoms with Crippen LogP contribution in [-0.2, 0) is 11.3 Å². The summed E-state index contributed by atoms with van der Waals surface area (Å²) in [4.78, 5) is 19.1. The maximum Gasteiger partial charge on any atom is 0.222 e. The second-order valence-electron chi connectivity index (χ2n) is 7.27. The number of likely N-dealkylation sites (tertiary alicyclic amines) is 1. The molecule has 1 aliphatic carbocycles. The summed E-state index contributed by atoms with van der Waals surface area (Å²) >= 11 is 0. The number of aliphatic imine (C=N–C) groups is 1. The Labute approximate surface area is 150 Å². The number of hydrogen-bond acceptors (Lipinski definition) is 2. The van der Waals surface area contributed by atoms with E-state index in [-0.39, 0.29) is 5.91 Å². The molecule has 2 aliphatic rings. The van der Waals surface area contributed by atoms with Gasteiger partial charge >= 0.3 is 0 Å². The van der Waals surface area contributed by atoms with Crippen molar-refractivity contribution in [2.75, 3.05) is 26.2 Å². The molecule has 1 saturated carbocycles. The molecule has 1 aliphatic heterocycles. The Bertz CT molecular complexity index is 595. The van der Waals surface area contributed by atoms with E-state index < -0.39 is 0 Å². The van der Waals surface area contributed by atoms with Crippen LogP contribution >= 0.6 is 0 Å². The molecular formula is C20H30N4O. The largest absolute Gasteiger partial charge is 0.357 e. The normalized spacial score (nSPS) is 18.9. The minimum absolute atomic E-state index is 0.0559. The molecule has 25 heavy (non-hydrogen) atoms. The fraction of sp³-hybridized carbons (Fsp3) is 0.600. The Hall–Kier alpha value is -2.04. The molecule has 0 atom stereocenters. The van der Waals surface area contributed by atoms with Crippen LogP contribution in [-0.4, -0.2) is 42.9 Å². The first-order valence-corrected chi connectivity index (χ1v) is 9.55. The number of carbonyl (C=O) groups excluding carboxylic acids is 1. The van der Waals surface area contributed by atoms with E-state index in [2.05, 4.69) is 27.4 Å². The predicted octanol–water partition coefficient (Wildman–Crippen LogP) is 2.53. The minimum Gasteiger partial charge on any atom is -0.357 e. The van der Waals surface area contributed by atoms with E-state index in [0.717, 1.165) is 31.2 Å². The fourth-order valence-corrected chi connectivity index (χ4v) is 3.77. The molecule has 2 fully saturated rings. The van der Waals surface area contributed by atoms with Crippen LogP contribution in [0.1, 0.15) is 44.6 Å². The van der Waals surface area contributed by atoms with E-state index in [1.54, 1.807) is 0 Å². The third-order valence-electron chi connectivity index (χ3n) is 5.42. The van der Waals surface area contributed by atoms with Crippen molar-refractivity contribution in [2.45, 2.75) is 45.6 Å². The summed E-state index contributed by atoms with van der Waals surface area (Å²) < 4.78 is 0. The van der Waals surface area contributed by atoms with Crippen molar-refractivity contribution in [1.29, 1.82) is 0 Å². The molecule has 0 aromatic heterocycles. The van der Waals surface area contributed by atoms with Crippen molar-refractivity contribution in [3.05, 3.63) is 35.9 Å². The summed E-state index contributed by atoms with van der Waals surface area (Å²) in [6, 6.07) is 9.99. The highest BCUT2D eigenvalue weighted by Gasteiger charge is 2.43. The molecule has 1 amide bonds. The average Bonchev–Trinajstić information content (AvgIpc) is 3.06. The molecule has 2 N–H and O–H groups in total. The first-order valence-electron chi connectivity index (χ1n) is 9.55. The SMILES string of the molecule is CCNC(=NCCC(=O)NCc1ccccc1)N1CCC2(CCC2)C1. The first kappa shape index (κ1) is 17.8. The highest BCUT2D eigenvalue weighted by Crippen LogP contribution is 2.47. The van der Waals surface area contributed by atoms with Gasteiger partial charge in [-0.1, -0.05) is 36.8 Å². The van der Waals surface area contributed by atoms with Gasteiger partial charge in [0.05, 0.1) is 6.54 Å². The van der Waals surface area contributed by atoms with Gasteiger partial charge in [-0.3, -0.25) is 9.79 Å². The van der Waals surface area contributed by atoms with E-state index in [1.165, 1.54) is 25.7 Å². The molecule has 0 bridgehead atoms. The topological polar surface area (TPSA) is 56.7 Å². The summed E-state index contributed by atoms with van der Waals surface area (Å²) in [5, 5.41) is 6.35. The Balaban J connectivity index is 1.44. The van der Waals surface area contributed by atoms with E-state index in [9.17, 15) is 4.79 Å². The van der Waals surface area contributed by atoms with Gasteiger partial charge in [0.2, 0.25) is 5.91 Å². The number of nitrogens with zero attached hydrogens (tertiary/aromatic N) is 2. The minimum atomic E-state index is 0.0559. The van der Waals surface area contributed by atoms with Crippen LogP contribution in [0.2, 0.25) is 0 Å². The van der Waals surface area contributed by atoms with Crippen molar-refractivity contribution in [1.82, 2.24) is 15.5 Å². The van der Waals surface area contributed by atoms with Gasteiger partial charge in [0.25, 0.3) is 0 Å². The van der Waals surface area contributed by atoms with Gasteiger partial charge in [-0.05, 0) is 37.2 Å². The van der Waals surface area contributed by atoms with Crippen LogP contribution in [0.4, 0.5) is 0 Å². The third-order valence-corrected chi connectivity index (χ3v) is 5.42. The summed E-state index contributed by atoms with van der Waals surface area (Å²) in [7, 11) is 0. The van der Waals surface area contributed by atoms with Gasteiger partial charge in [-0.25, -0.2) is 0 Å². The molecule has 1 heterocycles. The smallest absolute Gasteiger partial charge is 0.222 e. The Morgan fingerprint density at radius 2 is 2.00 bits per heavy atom. The molecule has 1 aromatic carbocycles. The Kier molecular flexibility index (Phi) is 5.95. The average molecular weight is 342 g/mol. The number of carbonyl (C=O) groups is 1. The second-order valence-corrected chi connectivity index (χ2v) is 7.27. The quantitative estimate of drug-likeness (QED) is 0.617. The molecule has 1 saturated heterocycles. The molecule has 136 valence electrons. The van der Waals surface area contributed by atoms with Crippen LogP contribution in [0.3, 0.4) is 0 Å². The number of benzene rings is 1.